The van der Waals surface area contributed by atoms with Crippen molar-refractivity contribution in [2.24, 2.45) is 11.7 Å². The van der Waals surface area contributed by atoms with Gasteiger partial charge in [-0.3, -0.25) is 4.79 Å². The van der Waals surface area contributed by atoms with Crippen LogP contribution in [-0.4, -0.2) is 16.8 Å². The summed E-state index contributed by atoms with van der Waals surface area (Å²) in [4.78, 5) is 12.5. The van der Waals surface area contributed by atoms with Gasteiger partial charge in [0.1, 0.15) is 11.5 Å². The zero-order valence-corrected chi connectivity index (χ0v) is 14.0. The molecule has 0 saturated heterocycles. The third-order valence-corrected chi connectivity index (χ3v) is 3.73. The van der Waals surface area contributed by atoms with E-state index in [0.29, 0.717) is 23.5 Å². The first-order chi connectivity index (χ1) is 10.9. The van der Waals surface area contributed by atoms with Gasteiger partial charge in [0.05, 0.1) is 5.69 Å². The molecular formula is C17H23FN4O. The molecular weight excluding hydrogens is 295 g/mol. The number of nitrogens with one attached hydrogen (secondary N) is 1. The van der Waals surface area contributed by atoms with E-state index in [1.54, 1.807) is 19.2 Å². The van der Waals surface area contributed by atoms with E-state index in [4.69, 9.17) is 5.73 Å². The van der Waals surface area contributed by atoms with E-state index in [0.717, 1.165) is 11.1 Å². The average Bonchev–Trinajstić information content (AvgIpc) is 2.51. The Morgan fingerprint density at radius 2 is 2.09 bits per heavy atom. The van der Waals surface area contributed by atoms with Crippen molar-refractivity contribution in [2.45, 2.75) is 33.9 Å². The van der Waals surface area contributed by atoms with E-state index in [1.807, 2.05) is 20.8 Å². The van der Waals surface area contributed by atoms with Crippen molar-refractivity contribution >= 4 is 5.69 Å². The van der Waals surface area contributed by atoms with Crippen molar-refractivity contribution in [3.05, 3.63) is 45.5 Å². The van der Waals surface area contributed by atoms with Crippen LogP contribution in [0.15, 0.2) is 23.0 Å². The molecule has 1 aromatic carbocycles. The second kappa shape index (κ2) is 6.91. The Labute approximate surface area is 135 Å². The standard InChI is InChI=1S/C17H23FN4O/c1-10(2)9-22-17(23)16(20-4)11(3)15(21-22)12-5-6-14(18)13(7-12)8-19/h5-7,10,20H,8-9,19H2,1-4H3. The Morgan fingerprint density at radius 1 is 1.39 bits per heavy atom. The van der Waals surface area contributed by atoms with E-state index < -0.39 is 0 Å². The van der Waals surface area contributed by atoms with Crippen LogP contribution < -0.4 is 16.6 Å². The van der Waals surface area contributed by atoms with Crippen LogP contribution in [0.1, 0.15) is 25.0 Å². The molecule has 0 radical (unpaired) electrons. The summed E-state index contributed by atoms with van der Waals surface area (Å²) in [5, 5.41) is 7.45. The van der Waals surface area contributed by atoms with Crippen LogP contribution in [0.3, 0.4) is 0 Å². The van der Waals surface area contributed by atoms with Crippen molar-refractivity contribution in [3.8, 4) is 11.3 Å². The summed E-state index contributed by atoms with van der Waals surface area (Å²) in [5.41, 5.74) is 8.52. The zero-order chi connectivity index (χ0) is 17.1. The van der Waals surface area contributed by atoms with Crippen LogP contribution in [0.4, 0.5) is 10.1 Å². The maximum absolute atomic E-state index is 13.7. The monoisotopic (exact) mass is 318 g/mol. The number of hydrogen-bond acceptors (Lipinski definition) is 4. The third kappa shape index (κ3) is 3.42. The van der Waals surface area contributed by atoms with Gasteiger partial charge in [0, 0.05) is 36.8 Å². The Bertz CT molecular complexity index is 768. The second-order valence-electron chi connectivity index (χ2n) is 5.99. The Balaban J connectivity index is 2.68. The van der Waals surface area contributed by atoms with Gasteiger partial charge in [-0.1, -0.05) is 13.8 Å². The number of rotatable bonds is 5. The highest BCUT2D eigenvalue weighted by atomic mass is 19.1. The van der Waals surface area contributed by atoms with Crippen molar-refractivity contribution in [1.29, 1.82) is 0 Å². The van der Waals surface area contributed by atoms with Gasteiger partial charge >= 0.3 is 0 Å². The van der Waals surface area contributed by atoms with Gasteiger partial charge < -0.3 is 11.1 Å². The van der Waals surface area contributed by atoms with Crippen LogP contribution in [0, 0.1) is 18.7 Å². The molecule has 1 aromatic heterocycles. The topological polar surface area (TPSA) is 72.9 Å². The number of nitrogens with two attached hydrogens (primary N) is 1. The van der Waals surface area contributed by atoms with Crippen LogP contribution in [0.2, 0.25) is 0 Å². The molecule has 0 amide bonds. The number of benzene rings is 1. The first kappa shape index (κ1) is 17.1. The molecule has 0 spiro atoms. The van der Waals surface area contributed by atoms with Crippen LogP contribution in [-0.2, 0) is 13.1 Å². The first-order valence-electron chi connectivity index (χ1n) is 7.67. The van der Waals surface area contributed by atoms with Crippen LogP contribution in [0.5, 0.6) is 0 Å². The molecule has 0 unspecified atom stereocenters. The fraction of sp³-hybridized carbons (Fsp3) is 0.412. The molecule has 2 aromatic rings. The number of halogens is 1. The summed E-state index contributed by atoms with van der Waals surface area (Å²) in [6.45, 7) is 6.52. The molecule has 23 heavy (non-hydrogen) atoms. The summed E-state index contributed by atoms with van der Waals surface area (Å²) < 4.78 is 15.1. The minimum atomic E-state index is -0.335. The first-order valence-corrected chi connectivity index (χ1v) is 7.67. The predicted octanol–water partition coefficient (Wildman–Crippen LogP) is 2.51. The average molecular weight is 318 g/mol. The lowest BCUT2D eigenvalue weighted by molar-refractivity contribution is 0.465. The highest BCUT2D eigenvalue weighted by Gasteiger charge is 2.16. The van der Waals surface area contributed by atoms with Crippen molar-refractivity contribution in [1.82, 2.24) is 9.78 Å². The molecule has 1 heterocycles. The van der Waals surface area contributed by atoms with Crippen molar-refractivity contribution in [2.75, 3.05) is 12.4 Å². The Hall–Kier alpha value is -2.21. The molecule has 0 atom stereocenters. The number of hydrogen-bond donors (Lipinski definition) is 2. The van der Waals surface area contributed by atoms with Gasteiger partial charge in [-0.25, -0.2) is 9.07 Å². The fourth-order valence-electron chi connectivity index (χ4n) is 2.57. The summed E-state index contributed by atoms with van der Waals surface area (Å²) in [7, 11) is 1.71. The number of aromatic nitrogens is 2. The molecule has 5 nitrogen and oxygen atoms in total. The van der Waals surface area contributed by atoms with E-state index in [-0.39, 0.29) is 23.8 Å². The normalized spacial score (nSPS) is 11.1. The minimum Gasteiger partial charge on any atom is -0.383 e. The fourth-order valence-corrected chi connectivity index (χ4v) is 2.57. The van der Waals surface area contributed by atoms with Gasteiger partial charge in [-0.2, -0.15) is 5.10 Å². The molecule has 0 saturated carbocycles. The third-order valence-electron chi connectivity index (χ3n) is 3.73. The Morgan fingerprint density at radius 3 is 2.65 bits per heavy atom. The molecule has 0 aliphatic heterocycles. The van der Waals surface area contributed by atoms with Crippen LogP contribution in [0.25, 0.3) is 11.3 Å². The summed E-state index contributed by atoms with van der Waals surface area (Å²) in [5.74, 6) is -0.0495. The van der Waals surface area contributed by atoms with E-state index in [9.17, 15) is 9.18 Å². The van der Waals surface area contributed by atoms with Gasteiger partial charge in [0.25, 0.3) is 5.56 Å². The van der Waals surface area contributed by atoms with E-state index in [2.05, 4.69) is 10.4 Å². The quantitative estimate of drug-likeness (QED) is 0.888. The predicted molar refractivity (Wildman–Crippen MR) is 90.9 cm³/mol. The SMILES string of the molecule is CNc1c(C)c(-c2ccc(F)c(CN)c2)nn(CC(C)C)c1=O. The van der Waals surface area contributed by atoms with Gasteiger partial charge in [0.15, 0.2) is 0 Å². The van der Waals surface area contributed by atoms with Gasteiger partial charge in [0.2, 0.25) is 0 Å². The van der Waals surface area contributed by atoms with Crippen LogP contribution >= 0.6 is 0 Å². The lowest BCUT2D eigenvalue weighted by Gasteiger charge is -2.16. The van der Waals surface area contributed by atoms with Gasteiger partial charge in [-0.05, 0) is 31.0 Å². The largest absolute Gasteiger partial charge is 0.383 e. The molecule has 0 aliphatic carbocycles. The van der Waals surface area contributed by atoms with E-state index >= 15 is 0 Å². The summed E-state index contributed by atoms with van der Waals surface area (Å²) in [6.07, 6.45) is 0. The summed E-state index contributed by atoms with van der Waals surface area (Å²) >= 11 is 0. The molecule has 0 aliphatic rings. The van der Waals surface area contributed by atoms with Gasteiger partial charge in [-0.15, -0.1) is 0 Å². The number of anilines is 1. The second-order valence-corrected chi connectivity index (χ2v) is 5.99. The maximum Gasteiger partial charge on any atom is 0.290 e. The minimum absolute atomic E-state index is 0.114. The molecule has 6 heteroatoms. The highest BCUT2D eigenvalue weighted by molar-refractivity contribution is 5.69. The molecule has 3 N–H and O–H groups in total. The molecule has 124 valence electrons. The van der Waals surface area contributed by atoms with Crippen molar-refractivity contribution in [3.63, 3.8) is 0 Å². The van der Waals surface area contributed by atoms with Crippen molar-refractivity contribution < 1.29 is 4.39 Å². The lowest BCUT2D eigenvalue weighted by Crippen LogP contribution is -2.28. The maximum atomic E-state index is 13.7. The smallest absolute Gasteiger partial charge is 0.290 e. The zero-order valence-electron chi connectivity index (χ0n) is 14.0. The Kier molecular flexibility index (Phi) is 5.15. The summed E-state index contributed by atoms with van der Waals surface area (Å²) in [6, 6.07) is 4.73. The van der Waals surface area contributed by atoms with E-state index in [1.165, 1.54) is 10.7 Å². The molecule has 2 rings (SSSR count). The number of nitrogens with zero attached hydrogens (tertiary/aromatic N) is 2. The molecule has 0 bridgehead atoms. The highest BCUT2D eigenvalue weighted by Crippen LogP contribution is 2.26. The lowest BCUT2D eigenvalue weighted by atomic mass is 10.0. The molecule has 0 fully saturated rings.